The summed E-state index contributed by atoms with van der Waals surface area (Å²) in [5.74, 6) is 2.09. The second-order valence-corrected chi connectivity index (χ2v) is 6.08. The maximum atomic E-state index is 11.1. The van der Waals surface area contributed by atoms with E-state index in [-0.39, 0.29) is 11.9 Å². The predicted molar refractivity (Wildman–Crippen MR) is 80.8 cm³/mol. The van der Waals surface area contributed by atoms with Crippen molar-refractivity contribution < 1.29 is 14.3 Å². The molecule has 2 fully saturated rings. The highest BCUT2D eigenvalue weighted by Gasteiger charge is 2.39. The van der Waals surface area contributed by atoms with Crippen LogP contribution in [0.3, 0.4) is 0 Å². The second-order valence-electron chi connectivity index (χ2n) is 6.08. The minimum atomic E-state index is 0.0402. The van der Waals surface area contributed by atoms with Gasteiger partial charge in [-0.15, -0.1) is 0 Å². The van der Waals surface area contributed by atoms with Crippen LogP contribution in [0, 0.1) is 0 Å². The third-order valence-electron chi connectivity index (χ3n) is 4.39. The molecule has 1 amide bonds. The summed E-state index contributed by atoms with van der Waals surface area (Å²) in [5, 5.41) is 2.98. The Kier molecular flexibility index (Phi) is 4.04. The van der Waals surface area contributed by atoms with Crippen LogP contribution < -0.4 is 14.8 Å². The van der Waals surface area contributed by atoms with Crippen molar-refractivity contribution >= 4 is 5.91 Å². The first kappa shape index (κ1) is 14.2. The van der Waals surface area contributed by atoms with Gasteiger partial charge in [-0.3, -0.25) is 4.79 Å². The molecule has 2 saturated carbocycles. The van der Waals surface area contributed by atoms with Gasteiger partial charge >= 0.3 is 0 Å². The summed E-state index contributed by atoms with van der Waals surface area (Å²) in [6.45, 7) is 1.57. The molecule has 1 aromatic carbocycles. The predicted octanol–water partition coefficient (Wildman–Crippen LogP) is 3.01. The Morgan fingerprint density at radius 2 is 2.00 bits per heavy atom. The summed E-state index contributed by atoms with van der Waals surface area (Å²) in [6.07, 6.45) is 6.09. The van der Waals surface area contributed by atoms with Crippen molar-refractivity contribution in [3.05, 3.63) is 23.8 Å². The van der Waals surface area contributed by atoms with E-state index >= 15 is 0 Å². The topological polar surface area (TPSA) is 47.6 Å². The van der Waals surface area contributed by atoms with Crippen LogP contribution in [0.1, 0.15) is 50.5 Å². The van der Waals surface area contributed by atoms with Gasteiger partial charge in [-0.2, -0.15) is 0 Å². The number of amides is 1. The van der Waals surface area contributed by atoms with Crippen LogP contribution in [-0.2, 0) is 4.79 Å². The number of nitrogens with one attached hydrogen (secondary N) is 1. The summed E-state index contributed by atoms with van der Waals surface area (Å²) in [4.78, 5) is 11.1. The molecule has 0 heterocycles. The lowest BCUT2D eigenvalue weighted by Crippen LogP contribution is -2.23. The molecule has 4 nitrogen and oxygen atoms in total. The minimum Gasteiger partial charge on any atom is -0.493 e. The van der Waals surface area contributed by atoms with E-state index in [9.17, 15) is 4.79 Å². The number of benzene rings is 1. The molecule has 2 atom stereocenters. The Morgan fingerprint density at radius 1 is 1.24 bits per heavy atom. The largest absolute Gasteiger partial charge is 0.493 e. The molecular formula is C17H23NO3. The Bertz CT molecular complexity index is 523. The quantitative estimate of drug-likeness (QED) is 0.906. The molecule has 2 aliphatic carbocycles. The molecule has 1 aromatic rings. The minimum absolute atomic E-state index is 0.0402. The number of carbonyl (C=O) groups excluding carboxylic acids is 1. The maximum absolute atomic E-state index is 11.1. The summed E-state index contributed by atoms with van der Waals surface area (Å²) in [5.41, 5.74) is 1.22. The zero-order valence-corrected chi connectivity index (χ0v) is 12.7. The second kappa shape index (κ2) is 5.96. The first-order valence-corrected chi connectivity index (χ1v) is 7.79. The molecule has 0 radical (unpaired) electrons. The van der Waals surface area contributed by atoms with Crippen molar-refractivity contribution in [2.75, 3.05) is 7.11 Å². The van der Waals surface area contributed by atoms with Gasteiger partial charge in [-0.25, -0.2) is 0 Å². The summed E-state index contributed by atoms with van der Waals surface area (Å²) in [7, 11) is 1.67. The normalized spacial score (nSPS) is 24.7. The van der Waals surface area contributed by atoms with Gasteiger partial charge in [0.15, 0.2) is 11.5 Å². The number of rotatable bonds is 5. The van der Waals surface area contributed by atoms with Gasteiger partial charge in [-0.1, -0.05) is 6.07 Å². The monoisotopic (exact) mass is 289 g/mol. The molecule has 1 N–H and O–H groups in total. The molecule has 3 rings (SSSR count). The van der Waals surface area contributed by atoms with Crippen LogP contribution in [0.25, 0.3) is 0 Å². The van der Waals surface area contributed by atoms with Crippen molar-refractivity contribution in [1.82, 2.24) is 5.32 Å². The molecule has 21 heavy (non-hydrogen) atoms. The van der Waals surface area contributed by atoms with Gasteiger partial charge in [0.05, 0.1) is 13.2 Å². The Labute approximate surface area is 125 Å². The van der Waals surface area contributed by atoms with Gasteiger partial charge in [0.1, 0.15) is 0 Å². The van der Waals surface area contributed by atoms with Crippen molar-refractivity contribution in [2.24, 2.45) is 0 Å². The SMILES string of the molecule is COc1ccc([C@@H]2C[C@H]2NC(C)=O)cc1OC1CCCC1. The van der Waals surface area contributed by atoms with E-state index in [1.54, 1.807) is 14.0 Å². The van der Waals surface area contributed by atoms with Crippen molar-refractivity contribution in [1.29, 1.82) is 0 Å². The highest BCUT2D eigenvalue weighted by molar-refractivity contribution is 5.74. The van der Waals surface area contributed by atoms with Crippen LogP contribution in [0.15, 0.2) is 18.2 Å². The van der Waals surface area contributed by atoms with Gasteiger partial charge in [-0.05, 0) is 49.8 Å². The number of methoxy groups -OCH3 is 1. The number of hydrogen-bond donors (Lipinski definition) is 1. The number of hydrogen-bond acceptors (Lipinski definition) is 3. The van der Waals surface area contributed by atoms with Crippen molar-refractivity contribution in [2.45, 2.75) is 57.1 Å². The summed E-state index contributed by atoms with van der Waals surface area (Å²) >= 11 is 0. The van der Waals surface area contributed by atoms with E-state index < -0.39 is 0 Å². The Morgan fingerprint density at radius 3 is 2.67 bits per heavy atom. The first-order chi connectivity index (χ1) is 10.2. The van der Waals surface area contributed by atoms with Crippen molar-refractivity contribution in [3.8, 4) is 11.5 Å². The number of carbonyl (C=O) groups is 1. The molecule has 2 aliphatic rings. The van der Waals surface area contributed by atoms with Gasteiger partial charge in [0, 0.05) is 18.9 Å². The lowest BCUT2D eigenvalue weighted by atomic mass is 10.1. The lowest BCUT2D eigenvalue weighted by molar-refractivity contribution is -0.119. The van der Waals surface area contributed by atoms with Gasteiger partial charge in [0.25, 0.3) is 0 Å². The average molecular weight is 289 g/mol. The maximum Gasteiger partial charge on any atom is 0.217 e. The Hall–Kier alpha value is -1.71. The fourth-order valence-electron chi connectivity index (χ4n) is 3.19. The van der Waals surface area contributed by atoms with Crippen LogP contribution >= 0.6 is 0 Å². The fourth-order valence-corrected chi connectivity index (χ4v) is 3.19. The standard InChI is InChI=1S/C17H23NO3/c1-11(19)18-15-10-14(15)12-7-8-16(20-2)17(9-12)21-13-5-3-4-6-13/h7-9,13-15H,3-6,10H2,1-2H3,(H,18,19)/t14-,15+/m0/s1. The van der Waals surface area contributed by atoms with Gasteiger partial charge in [0.2, 0.25) is 5.91 Å². The van der Waals surface area contributed by atoms with Crippen LogP contribution in [0.4, 0.5) is 0 Å². The van der Waals surface area contributed by atoms with E-state index in [1.165, 1.54) is 18.4 Å². The van der Waals surface area contributed by atoms with E-state index in [0.717, 1.165) is 30.8 Å². The highest BCUT2D eigenvalue weighted by Crippen LogP contribution is 2.44. The van der Waals surface area contributed by atoms with Crippen LogP contribution in [0.5, 0.6) is 11.5 Å². The van der Waals surface area contributed by atoms with E-state index in [1.807, 2.05) is 6.07 Å². The molecule has 114 valence electrons. The number of ether oxygens (including phenoxy) is 2. The van der Waals surface area contributed by atoms with Crippen LogP contribution in [0.2, 0.25) is 0 Å². The molecule has 0 aliphatic heterocycles. The van der Waals surface area contributed by atoms with E-state index in [2.05, 4.69) is 17.4 Å². The molecule has 0 aromatic heterocycles. The van der Waals surface area contributed by atoms with Crippen molar-refractivity contribution in [3.63, 3.8) is 0 Å². The molecule has 0 spiro atoms. The first-order valence-electron chi connectivity index (χ1n) is 7.79. The van der Waals surface area contributed by atoms with Crippen LogP contribution in [-0.4, -0.2) is 25.2 Å². The summed E-state index contributed by atoms with van der Waals surface area (Å²) < 4.78 is 11.5. The van der Waals surface area contributed by atoms with Gasteiger partial charge < -0.3 is 14.8 Å². The molecular weight excluding hydrogens is 266 g/mol. The molecule has 0 unspecified atom stereocenters. The van der Waals surface area contributed by atoms with E-state index in [0.29, 0.717) is 12.0 Å². The smallest absolute Gasteiger partial charge is 0.217 e. The highest BCUT2D eigenvalue weighted by atomic mass is 16.5. The molecule has 0 bridgehead atoms. The summed E-state index contributed by atoms with van der Waals surface area (Å²) in [6, 6.07) is 6.41. The molecule has 4 heteroatoms. The van der Waals surface area contributed by atoms with E-state index in [4.69, 9.17) is 9.47 Å². The fraction of sp³-hybridized carbons (Fsp3) is 0.588. The zero-order chi connectivity index (χ0) is 14.8. The average Bonchev–Trinajstić information content (AvgIpc) is 3.01. The molecule has 0 saturated heterocycles. The third-order valence-corrected chi connectivity index (χ3v) is 4.39. The lowest BCUT2D eigenvalue weighted by Gasteiger charge is -2.17. The zero-order valence-electron chi connectivity index (χ0n) is 12.7. The third kappa shape index (κ3) is 3.31. The Balaban J connectivity index is 1.72.